The number of ether oxygens (including phenoxy) is 1. The van der Waals surface area contributed by atoms with Gasteiger partial charge in [0.15, 0.2) is 0 Å². The number of pyridine rings is 1. The average Bonchev–Trinajstić information content (AvgIpc) is 1.63. The molecule has 24 heteroatoms. The van der Waals surface area contributed by atoms with E-state index >= 15 is 0 Å². The van der Waals surface area contributed by atoms with Crippen molar-refractivity contribution in [1.29, 1.82) is 0 Å². The predicted octanol–water partition coefficient (Wildman–Crippen LogP) is 9.56. The number of halogens is 1. The third-order valence-electron chi connectivity index (χ3n) is 18.1. The number of nitrogens with zero attached hydrogens (tertiary/aromatic N) is 7. The lowest BCUT2D eigenvalue weighted by atomic mass is 9.72. The van der Waals surface area contributed by atoms with Gasteiger partial charge in [-0.1, -0.05) is 55.6 Å². The smallest absolute Gasteiger partial charge is 0.293 e. The van der Waals surface area contributed by atoms with Crippen LogP contribution in [0.5, 0.6) is 11.5 Å². The maximum absolute atomic E-state index is 14.2. The monoisotopic (exact) mass is 1260 g/mol. The van der Waals surface area contributed by atoms with Crippen molar-refractivity contribution in [3.05, 3.63) is 146 Å². The quantitative estimate of drug-likeness (QED) is 0.0163. The summed E-state index contributed by atoms with van der Waals surface area (Å²) >= 11 is 6.28. The molecule has 5 N–H and O–H groups in total. The number of aromatic nitrogens is 2. The molecule has 0 radical (unpaired) electrons. The third-order valence-corrected chi connectivity index (χ3v) is 19.7. The molecule has 3 fully saturated rings. The number of carbonyl (C=O) groups is 5. The van der Waals surface area contributed by atoms with Crippen LogP contribution in [0.2, 0.25) is 5.02 Å². The summed E-state index contributed by atoms with van der Waals surface area (Å²) in [5, 5.41) is 22.8. The Morgan fingerprint density at radius 1 is 0.856 bits per heavy atom. The summed E-state index contributed by atoms with van der Waals surface area (Å²) in [7, 11) is -2.53. The normalized spacial score (nSPS) is 18.5. The number of sulfonamides is 1. The molecule has 6 aromatic rings. The van der Waals surface area contributed by atoms with Crippen molar-refractivity contribution in [3.63, 3.8) is 0 Å². The van der Waals surface area contributed by atoms with Gasteiger partial charge in [0.2, 0.25) is 11.8 Å². The van der Waals surface area contributed by atoms with Gasteiger partial charge in [0.1, 0.15) is 28.9 Å². The Hall–Kier alpha value is -8.22. The SMILES string of the molecule is CN(CCCCCNc1cccc2c1C(=O)N(C1CCC(=O)NC1=O)C2=O)CCN1CCC(CNc2ccc(S(=O)(=O)NC(=O)c3ccc(N4CCN(CC5=C(c6ccc(Cl)cc6)CC(C)(C)CC5)CC4)cc3Oc3cnc4[nH]ccc4c3)cc2[N+](=O)[O-])CC1. The van der Waals surface area contributed by atoms with E-state index in [9.17, 15) is 42.5 Å². The first-order valence-electron chi connectivity index (χ1n) is 31.0. The second kappa shape index (κ2) is 27.5. The number of H-pyrrole nitrogens is 1. The highest BCUT2D eigenvalue weighted by Gasteiger charge is 2.46. The number of allylic oxidation sites excluding steroid dienone is 1. The molecule has 3 saturated heterocycles. The number of piperazine rings is 1. The van der Waals surface area contributed by atoms with E-state index in [4.69, 9.17) is 16.3 Å². The number of hydrogen-bond acceptors (Lipinski definition) is 17. The van der Waals surface area contributed by atoms with E-state index in [2.05, 4.69) is 83.3 Å². The highest BCUT2D eigenvalue weighted by Crippen LogP contribution is 2.44. The summed E-state index contributed by atoms with van der Waals surface area (Å²) in [6.07, 6.45) is 11.1. The van der Waals surface area contributed by atoms with Crippen LogP contribution < -0.4 is 30.3 Å². The molecule has 1 aliphatic carbocycles. The molecule has 0 spiro atoms. The minimum Gasteiger partial charge on any atom is -0.455 e. The average molecular weight is 1270 g/mol. The van der Waals surface area contributed by atoms with E-state index in [0.29, 0.717) is 43.3 Å². The number of hydrogen-bond donors (Lipinski definition) is 5. The van der Waals surface area contributed by atoms with Gasteiger partial charge >= 0.3 is 0 Å². The number of nitro groups is 1. The number of likely N-dealkylation sites (N-methyl/N-ethyl adjacent to an activating group) is 1. The van der Waals surface area contributed by atoms with Crippen molar-refractivity contribution in [2.24, 2.45) is 11.3 Å². The molecule has 5 amide bonds. The lowest BCUT2D eigenvalue weighted by Gasteiger charge is -2.39. The molecule has 6 heterocycles. The lowest BCUT2D eigenvalue weighted by Crippen LogP contribution is -2.54. The van der Waals surface area contributed by atoms with Gasteiger partial charge in [-0.15, -0.1) is 0 Å². The largest absolute Gasteiger partial charge is 0.455 e. The molecular formula is C66H77ClN12O10S. The Labute approximate surface area is 528 Å². The number of nitrogens with one attached hydrogen (secondary N) is 5. The second-order valence-electron chi connectivity index (χ2n) is 25.1. The number of piperidine rings is 2. The molecule has 22 nitrogen and oxygen atoms in total. The van der Waals surface area contributed by atoms with Gasteiger partial charge in [-0.05, 0) is 161 Å². The summed E-state index contributed by atoms with van der Waals surface area (Å²) in [6.45, 7) is 14.0. The van der Waals surface area contributed by atoms with Crippen LogP contribution in [0.15, 0.2) is 114 Å². The highest BCUT2D eigenvalue weighted by atomic mass is 35.5. The molecule has 2 aromatic heterocycles. The number of benzene rings is 4. The summed E-state index contributed by atoms with van der Waals surface area (Å²) in [6, 6.07) is 24.5. The number of fused-ring (bicyclic) bond motifs is 2. The maximum Gasteiger partial charge on any atom is 0.293 e. The topological polar surface area (TPSA) is 265 Å². The fourth-order valence-corrected chi connectivity index (χ4v) is 14.0. The Bertz CT molecular complexity index is 3860. The number of likely N-dealkylation sites (tertiary alicyclic amines) is 1. The van der Waals surface area contributed by atoms with Gasteiger partial charge in [-0.25, -0.2) is 18.1 Å². The fraction of sp³-hybridized carbons (Fsp3) is 0.424. The van der Waals surface area contributed by atoms with Crippen molar-refractivity contribution in [3.8, 4) is 11.5 Å². The van der Waals surface area contributed by atoms with Gasteiger partial charge in [-0.2, -0.15) is 0 Å². The summed E-state index contributed by atoms with van der Waals surface area (Å²) < 4.78 is 36.5. The third kappa shape index (κ3) is 14.8. The van der Waals surface area contributed by atoms with Crippen molar-refractivity contribution in [1.82, 2.24) is 39.6 Å². The molecule has 11 rings (SSSR count). The van der Waals surface area contributed by atoms with Gasteiger partial charge < -0.3 is 35.1 Å². The highest BCUT2D eigenvalue weighted by molar-refractivity contribution is 7.90. The number of carbonyl (C=O) groups excluding carboxylic acids is 5. The Kier molecular flexibility index (Phi) is 19.3. The molecule has 1 unspecified atom stereocenters. The number of imide groups is 2. The van der Waals surface area contributed by atoms with Crippen LogP contribution in [0.4, 0.5) is 22.7 Å². The predicted molar refractivity (Wildman–Crippen MR) is 346 cm³/mol. The first kappa shape index (κ1) is 63.4. The molecule has 0 saturated carbocycles. The first-order chi connectivity index (χ1) is 43.2. The maximum atomic E-state index is 14.2. The molecule has 474 valence electrons. The van der Waals surface area contributed by atoms with Gasteiger partial charge in [0, 0.05) is 105 Å². The van der Waals surface area contributed by atoms with E-state index in [0.717, 1.165) is 131 Å². The van der Waals surface area contributed by atoms with Gasteiger partial charge in [0.25, 0.3) is 33.4 Å². The van der Waals surface area contributed by atoms with Crippen molar-refractivity contribution in [2.45, 2.75) is 89.0 Å². The summed E-state index contributed by atoms with van der Waals surface area (Å²) in [4.78, 5) is 94.3. The molecule has 1 atom stereocenters. The first-order valence-corrected chi connectivity index (χ1v) is 32.9. The van der Waals surface area contributed by atoms with E-state index in [-0.39, 0.29) is 52.3 Å². The van der Waals surface area contributed by atoms with Crippen molar-refractivity contribution in [2.75, 3.05) is 101 Å². The minimum atomic E-state index is -4.63. The summed E-state index contributed by atoms with van der Waals surface area (Å²) in [5.41, 5.74) is 6.45. The second-order valence-corrected chi connectivity index (χ2v) is 27.2. The van der Waals surface area contributed by atoms with Crippen molar-refractivity contribution >= 4 is 90.5 Å². The van der Waals surface area contributed by atoms with E-state index in [1.54, 1.807) is 48.7 Å². The number of nitro benzene ring substituents is 1. The summed E-state index contributed by atoms with van der Waals surface area (Å²) in [5.74, 6) is -2.42. The number of unbranched alkanes of at least 4 members (excludes halogenated alkanes) is 2. The molecule has 4 aliphatic heterocycles. The Morgan fingerprint density at radius 2 is 1.64 bits per heavy atom. The number of aromatic amines is 1. The molecule has 0 bridgehead atoms. The molecule has 4 aromatic carbocycles. The minimum absolute atomic E-state index is 0.0558. The van der Waals surface area contributed by atoms with Gasteiger partial charge in [-0.3, -0.25) is 49.2 Å². The van der Waals surface area contributed by atoms with Crippen LogP contribution in [-0.4, -0.2) is 164 Å². The van der Waals surface area contributed by atoms with Crippen LogP contribution in [0, 0.1) is 21.4 Å². The fourth-order valence-electron chi connectivity index (χ4n) is 12.9. The Morgan fingerprint density at radius 3 is 2.41 bits per heavy atom. The number of amides is 5. The molecule has 90 heavy (non-hydrogen) atoms. The van der Waals surface area contributed by atoms with E-state index < -0.39 is 61.1 Å². The van der Waals surface area contributed by atoms with Gasteiger partial charge in [0.05, 0.1) is 32.7 Å². The van der Waals surface area contributed by atoms with Crippen LogP contribution >= 0.6 is 11.6 Å². The Balaban J connectivity index is 0.643. The van der Waals surface area contributed by atoms with Crippen LogP contribution in [0.3, 0.4) is 0 Å². The lowest BCUT2D eigenvalue weighted by molar-refractivity contribution is -0.384. The standard InChI is InChI=1S/C66H77ClN12O10S/c1-66(2)24-20-46(53(39-66)44-10-12-47(67)13-11-44)42-76-32-34-77(35-33-76)48-14-16-51(58(37-48)89-49-36-45-21-26-69-61(45)71-41-49)62(81)73-90(87,88)50-15-17-54(57(38-50)79(85)86)70-40-43-22-28-75(29-23-43)31-30-74(3)27-6-4-5-25-68-55-9-7-8-52-60(55)65(84)78(64(52)83)56-18-19-59(80)72-63(56)82/h7-17,21,26,36-38,41,43,56,68,70H,4-6,18-20,22-25,27-35,39-40,42H2,1-3H3,(H,69,71)(H,73,81)(H,72,80,82). The molecule has 5 aliphatic rings. The number of anilines is 3. The van der Waals surface area contributed by atoms with E-state index in [1.165, 1.54) is 35.0 Å². The van der Waals surface area contributed by atoms with Crippen LogP contribution in [0.1, 0.15) is 115 Å². The zero-order valence-electron chi connectivity index (χ0n) is 51.0. The van der Waals surface area contributed by atoms with E-state index in [1.807, 2.05) is 18.2 Å². The van der Waals surface area contributed by atoms with Crippen LogP contribution in [-0.2, 0) is 19.6 Å². The zero-order chi connectivity index (χ0) is 63.3. The van der Waals surface area contributed by atoms with Crippen molar-refractivity contribution < 1.29 is 42.1 Å². The molecular weight excluding hydrogens is 1190 g/mol. The number of rotatable bonds is 24. The zero-order valence-corrected chi connectivity index (χ0v) is 52.6. The van der Waals surface area contributed by atoms with Crippen LogP contribution in [0.25, 0.3) is 16.6 Å².